The van der Waals surface area contributed by atoms with Gasteiger partial charge in [-0.2, -0.15) is 0 Å². The summed E-state index contributed by atoms with van der Waals surface area (Å²) in [5.74, 6) is 0. The van der Waals surface area contributed by atoms with Crippen LogP contribution in [0.1, 0.15) is 11.1 Å². The summed E-state index contributed by atoms with van der Waals surface area (Å²) in [6, 6.07) is 11.9. The van der Waals surface area contributed by atoms with Gasteiger partial charge >= 0.3 is 0 Å². The summed E-state index contributed by atoms with van der Waals surface area (Å²) in [6.07, 6.45) is 0. The first-order valence-corrected chi connectivity index (χ1v) is 7.59. The molecule has 0 fully saturated rings. The van der Waals surface area contributed by atoms with E-state index in [4.69, 9.17) is 18.0 Å². The molecule has 0 unspecified atom stereocenters. The minimum absolute atomic E-state index is 0.377. The first-order valence-electron chi connectivity index (χ1n) is 5.59. The summed E-state index contributed by atoms with van der Waals surface area (Å²) in [5, 5.41) is 3.35. The van der Waals surface area contributed by atoms with Crippen molar-refractivity contribution >= 4 is 60.4 Å². The van der Waals surface area contributed by atoms with Gasteiger partial charge in [0.05, 0.1) is 0 Å². The first-order chi connectivity index (χ1) is 8.95. The van der Waals surface area contributed by atoms with E-state index in [1.165, 1.54) is 5.56 Å². The molecule has 0 aliphatic rings. The number of nitrogens with two attached hydrogens (primary N) is 1. The van der Waals surface area contributed by atoms with E-state index in [0.29, 0.717) is 4.99 Å². The molecule has 0 saturated carbocycles. The van der Waals surface area contributed by atoms with Crippen LogP contribution in [-0.4, -0.2) is 4.99 Å². The number of benzene rings is 2. The molecule has 19 heavy (non-hydrogen) atoms. The van der Waals surface area contributed by atoms with E-state index in [2.05, 4.69) is 49.3 Å². The van der Waals surface area contributed by atoms with Crippen molar-refractivity contribution in [2.75, 3.05) is 5.32 Å². The Kier molecular flexibility index (Phi) is 4.60. The Bertz CT molecular complexity index is 621. The molecular weight excluding hydrogens is 388 g/mol. The second-order valence-corrected chi connectivity index (χ2v) is 6.47. The average molecular weight is 400 g/mol. The Morgan fingerprint density at radius 1 is 1.11 bits per heavy atom. The summed E-state index contributed by atoms with van der Waals surface area (Å²) >= 11 is 12.0. The van der Waals surface area contributed by atoms with Gasteiger partial charge in [0, 0.05) is 25.9 Å². The highest BCUT2D eigenvalue weighted by Gasteiger charge is 2.07. The van der Waals surface area contributed by atoms with Gasteiger partial charge in [-0.1, -0.05) is 44.1 Å². The fourth-order valence-corrected chi connectivity index (χ4v) is 2.95. The van der Waals surface area contributed by atoms with E-state index in [9.17, 15) is 0 Å². The standard InChI is InChI=1S/C14H12Br2N2S/c1-8-4-10(16)6-11(5-8)18-13-7-9(15)2-3-12(13)14(17)19/h2-7,18H,1H3,(H2,17,19). The van der Waals surface area contributed by atoms with Gasteiger partial charge in [0.15, 0.2) is 0 Å². The van der Waals surface area contributed by atoms with Crippen molar-refractivity contribution in [3.05, 3.63) is 56.5 Å². The van der Waals surface area contributed by atoms with Crippen LogP contribution in [-0.2, 0) is 0 Å². The number of hydrogen-bond donors (Lipinski definition) is 2. The minimum Gasteiger partial charge on any atom is -0.389 e. The fourth-order valence-electron chi connectivity index (χ4n) is 1.80. The van der Waals surface area contributed by atoms with Crippen LogP contribution in [0.4, 0.5) is 11.4 Å². The lowest BCUT2D eigenvalue weighted by atomic mass is 10.1. The number of aryl methyl sites for hydroxylation is 1. The Hall–Kier alpha value is -0.910. The summed E-state index contributed by atoms with van der Waals surface area (Å²) < 4.78 is 2.00. The molecule has 0 aliphatic carbocycles. The van der Waals surface area contributed by atoms with E-state index >= 15 is 0 Å². The van der Waals surface area contributed by atoms with Crippen LogP contribution in [0.5, 0.6) is 0 Å². The number of halogens is 2. The number of anilines is 2. The van der Waals surface area contributed by atoms with Gasteiger partial charge in [0.2, 0.25) is 0 Å². The molecule has 0 spiro atoms. The molecule has 0 bridgehead atoms. The molecular formula is C14H12Br2N2S. The maximum atomic E-state index is 5.74. The molecule has 98 valence electrons. The van der Waals surface area contributed by atoms with Crippen LogP contribution < -0.4 is 11.1 Å². The fraction of sp³-hybridized carbons (Fsp3) is 0.0714. The molecule has 2 aromatic rings. The van der Waals surface area contributed by atoms with Crippen molar-refractivity contribution in [1.29, 1.82) is 0 Å². The predicted molar refractivity (Wildman–Crippen MR) is 92.2 cm³/mol. The molecule has 0 heterocycles. The minimum atomic E-state index is 0.377. The third-order valence-corrected chi connectivity index (χ3v) is 3.74. The lowest BCUT2D eigenvalue weighted by Gasteiger charge is -2.13. The molecule has 5 heteroatoms. The van der Waals surface area contributed by atoms with Crippen LogP contribution >= 0.6 is 44.1 Å². The molecule has 0 atom stereocenters. The normalized spacial score (nSPS) is 10.3. The van der Waals surface area contributed by atoms with Crippen molar-refractivity contribution in [3.8, 4) is 0 Å². The van der Waals surface area contributed by atoms with Gasteiger partial charge in [0.1, 0.15) is 4.99 Å². The summed E-state index contributed by atoms with van der Waals surface area (Å²) in [4.78, 5) is 0.377. The zero-order valence-corrected chi connectivity index (χ0v) is 14.2. The Morgan fingerprint density at radius 2 is 1.84 bits per heavy atom. The van der Waals surface area contributed by atoms with E-state index in [1.807, 2.05) is 31.2 Å². The lowest BCUT2D eigenvalue weighted by Crippen LogP contribution is -2.11. The monoisotopic (exact) mass is 398 g/mol. The van der Waals surface area contributed by atoms with Crippen molar-refractivity contribution < 1.29 is 0 Å². The number of hydrogen-bond acceptors (Lipinski definition) is 2. The summed E-state index contributed by atoms with van der Waals surface area (Å²) in [5.41, 5.74) is 9.62. The SMILES string of the molecule is Cc1cc(Br)cc(Nc2cc(Br)ccc2C(N)=S)c1. The lowest BCUT2D eigenvalue weighted by molar-refractivity contribution is 1.42. The highest BCUT2D eigenvalue weighted by Crippen LogP contribution is 2.27. The highest BCUT2D eigenvalue weighted by atomic mass is 79.9. The van der Waals surface area contributed by atoms with Crippen LogP contribution in [0, 0.1) is 6.92 Å². The maximum Gasteiger partial charge on any atom is 0.106 e. The third kappa shape index (κ3) is 3.78. The molecule has 0 aliphatic heterocycles. The Balaban J connectivity index is 2.42. The molecule has 0 saturated heterocycles. The smallest absolute Gasteiger partial charge is 0.106 e. The molecule has 3 N–H and O–H groups in total. The number of nitrogens with one attached hydrogen (secondary N) is 1. The molecule has 0 aromatic heterocycles. The molecule has 0 radical (unpaired) electrons. The predicted octanol–water partition coefficient (Wildman–Crippen LogP) is 4.90. The van der Waals surface area contributed by atoms with Gasteiger partial charge in [-0.15, -0.1) is 0 Å². The van der Waals surface area contributed by atoms with Gasteiger partial charge in [-0.3, -0.25) is 0 Å². The van der Waals surface area contributed by atoms with Crippen LogP contribution in [0.15, 0.2) is 45.3 Å². The number of thiocarbonyl (C=S) groups is 1. The molecule has 2 nitrogen and oxygen atoms in total. The zero-order chi connectivity index (χ0) is 14.0. The second-order valence-electron chi connectivity index (χ2n) is 4.20. The van der Waals surface area contributed by atoms with Gasteiger partial charge in [-0.05, 0) is 48.9 Å². The van der Waals surface area contributed by atoms with Crippen LogP contribution in [0.25, 0.3) is 0 Å². The largest absolute Gasteiger partial charge is 0.389 e. The number of rotatable bonds is 3. The Morgan fingerprint density at radius 3 is 2.47 bits per heavy atom. The van der Waals surface area contributed by atoms with E-state index in [0.717, 1.165) is 25.9 Å². The molecule has 2 aromatic carbocycles. The van der Waals surface area contributed by atoms with Crippen LogP contribution in [0.2, 0.25) is 0 Å². The molecule has 0 amide bonds. The molecule has 2 rings (SSSR count). The topological polar surface area (TPSA) is 38.0 Å². The quantitative estimate of drug-likeness (QED) is 0.721. The summed E-state index contributed by atoms with van der Waals surface area (Å²) in [6.45, 7) is 2.05. The average Bonchev–Trinajstić information content (AvgIpc) is 2.26. The van der Waals surface area contributed by atoms with Crippen molar-refractivity contribution in [2.45, 2.75) is 6.92 Å². The van der Waals surface area contributed by atoms with Crippen LogP contribution in [0.3, 0.4) is 0 Å². The first kappa shape index (κ1) is 14.5. The van der Waals surface area contributed by atoms with Gasteiger partial charge in [0.25, 0.3) is 0 Å². The maximum absolute atomic E-state index is 5.74. The second kappa shape index (κ2) is 6.03. The van der Waals surface area contributed by atoms with E-state index < -0.39 is 0 Å². The van der Waals surface area contributed by atoms with Crippen molar-refractivity contribution in [2.24, 2.45) is 5.73 Å². The van der Waals surface area contributed by atoms with Gasteiger partial charge in [-0.25, -0.2) is 0 Å². The Labute approximate surface area is 134 Å². The van der Waals surface area contributed by atoms with Gasteiger partial charge < -0.3 is 11.1 Å². The van der Waals surface area contributed by atoms with Crippen molar-refractivity contribution in [1.82, 2.24) is 0 Å². The highest BCUT2D eigenvalue weighted by molar-refractivity contribution is 9.10. The van der Waals surface area contributed by atoms with E-state index in [-0.39, 0.29) is 0 Å². The zero-order valence-electron chi connectivity index (χ0n) is 10.2. The van der Waals surface area contributed by atoms with E-state index in [1.54, 1.807) is 0 Å². The summed E-state index contributed by atoms with van der Waals surface area (Å²) in [7, 11) is 0. The van der Waals surface area contributed by atoms with Crippen molar-refractivity contribution in [3.63, 3.8) is 0 Å². The third-order valence-electron chi connectivity index (χ3n) is 2.57.